The lowest BCUT2D eigenvalue weighted by Gasteiger charge is -2.47. The number of Topliss-reactive ketones (excluding diaryl/α,β-unsaturated/α-hetero) is 1. The Hall–Kier alpha value is -2.55. The van der Waals surface area contributed by atoms with Crippen molar-refractivity contribution >= 4 is 17.7 Å². The summed E-state index contributed by atoms with van der Waals surface area (Å²) in [4.78, 5) is 44.3. The number of nitrogens with zero attached hydrogens (tertiary/aromatic N) is 1. The van der Waals surface area contributed by atoms with Crippen LogP contribution in [0.1, 0.15) is 152 Å². The summed E-state index contributed by atoms with van der Waals surface area (Å²) >= 11 is 0. The van der Waals surface area contributed by atoms with Crippen molar-refractivity contribution in [2.24, 2.45) is 22.2 Å². The molecule has 5 aliphatic carbocycles. The number of esters is 1. The minimum absolute atomic E-state index is 0.00332. The van der Waals surface area contributed by atoms with Gasteiger partial charge in [0.2, 0.25) is 0 Å². The molecule has 4 fully saturated rings. The number of allylic oxidation sites excluding steroid dienone is 2. The van der Waals surface area contributed by atoms with Crippen molar-refractivity contribution in [2.75, 3.05) is 26.8 Å². The van der Waals surface area contributed by atoms with E-state index in [1.807, 2.05) is 20.8 Å². The predicted octanol–water partition coefficient (Wildman–Crippen LogP) is 7.48. The van der Waals surface area contributed by atoms with Gasteiger partial charge in [-0.25, -0.2) is 0 Å². The number of methoxy groups -OCH3 is 1. The van der Waals surface area contributed by atoms with Crippen LogP contribution in [-0.2, 0) is 25.5 Å². The first-order valence-electron chi connectivity index (χ1n) is 19.9. The third-order valence-electron chi connectivity index (χ3n) is 14.9. The fourth-order valence-corrected chi connectivity index (χ4v) is 10.7. The van der Waals surface area contributed by atoms with Crippen LogP contribution < -0.4 is 0 Å². The molecule has 0 radical (unpaired) electrons. The van der Waals surface area contributed by atoms with Crippen molar-refractivity contribution in [1.29, 1.82) is 0 Å². The number of ketones is 1. The number of carbonyl (C=O) groups is 3. The van der Waals surface area contributed by atoms with Gasteiger partial charge in [-0.15, -0.1) is 0 Å². The first-order chi connectivity index (χ1) is 24.1. The maximum Gasteiger partial charge on any atom is 0.313 e. The Balaban J connectivity index is 1.40. The minimum atomic E-state index is -1.27. The fraction of sp³-hybridized carbons (Fsp3) is 0.744. The lowest BCUT2D eigenvalue weighted by molar-refractivity contribution is -0.177. The van der Waals surface area contributed by atoms with Gasteiger partial charge < -0.3 is 24.6 Å². The summed E-state index contributed by atoms with van der Waals surface area (Å²) < 4.78 is 11.5. The fourth-order valence-electron chi connectivity index (χ4n) is 10.7. The molecular weight excluding hydrogens is 642 g/mol. The Kier molecular flexibility index (Phi) is 10.7. The van der Waals surface area contributed by atoms with Crippen molar-refractivity contribution in [3.8, 4) is 0 Å². The monoisotopic (exact) mass is 705 g/mol. The zero-order valence-electron chi connectivity index (χ0n) is 32.2. The number of ether oxygens (including phenoxy) is 2. The maximum absolute atomic E-state index is 14.9. The van der Waals surface area contributed by atoms with Gasteiger partial charge in [-0.1, -0.05) is 63.8 Å². The van der Waals surface area contributed by atoms with Crippen LogP contribution in [0, 0.1) is 22.2 Å². The highest BCUT2D eigenvalue weighted by Crippen LogP contribution is 2.66. The van der Waals surface area contributed by atoms with Crippen molar-refractivity contribution in [2.45, 2.75) is 154 Å². The normalized spacial score (nSPS) is 35.2. The molecule has 1 aliphatic heterocycles. The van der Waals surface area contributed by atoms with Gasteiger partial charge in [-0.3, -0.25) is 14.4 Å². The van der Waals surface area contributed by atoms with Crippen LogP contribution >= 0.6 is 0 Å². The summed E-state index contributed by atoms with van der Waals surface area (Å²) in [5.74, 6) is -0.436. The topological polar surface area (TPSA) is 113 Å². The Labute approximate surface area is 305 Å². The number of benzene rings is 1. The number of amides is 1. The highest BCUT2D eigenvalue weighted by atomic mass is 16.6. The highest BCUT2D eigenvalue weighted by molar-refractivity contribution is 6.00. The average molecular weight is 706 g/mol. The van der Waals surface area contributed by atoms with Gasteiger partial charge in [0.25, 0.3) is 5.91 Å². The number of aliphatic hydroxyl groups is 2. The second kappa shape index (κ2) is 14.4. The standard InChI is InChI=1S/C43H63NO7/c1-29-12-10-20-40(4)35(33-18-16-30(26-32(45)17-15-29)27-34(33)36(46)31-13-8-7-9-14-31)19-21-42(40,49)28-44(24-11-25-50-6)37(47)43-23-22-41(5,38(48)51-43)39(43,2)3/h12,16,18,27,31-32,35,45,49H,7-11,13-15,17,19-26,28H2,1-6H3. The van der Waals surface area contributed by atoms with E-state index in [0.29, 0.717) is 64.5 Å². The van der Waals surface area contributed by atoms with Gasteiger partial charge in [0, 0.05) is 42.6 Å². The molecular formula is C43H63NO7. The number of aliphatic hydroxyl groups excluding tert-OH is 1. The van der Waals surface area contributed by atoms with E-state index in [2.05, 4.69) is 38.1 Å². The molecule has 1 saturated heterocycles. The first-order valence-corrected chi connectivity index (χ1v) is 19.9. The Bertz CT molecular complexity index is 1530. The quantitative estimate of drug-likeness (QED) is 0.119. The number of rotatable bonds is 9. The molecule has 2 N–H and O–H groups in total. The highest BCUT2D eigenvalue weighted by Gasteiger charge is 2.76. The van der Waals surface area contributed by atoms with Crippen LogP contribution in [0.5, 0.6) is 0 Å². The number of fused-ring (bicyclic) bond motifs is 10. The molecule has 0 aromatic heterocycles. The number of carbonyl (C=O) groups excluding carboxylic acids is 3. The van der Waals surface area contributed by atoms with E-state index in [-0.39, 0.29) is 36.0 Å². The summed E-state index contributed by atoms with van der Waals surface area (Å²) in [6, 6.07) is 6.24. The summed E-state index contributed by atoms with van der Waals surface area (Å²) in [7, 11) is 1.65. The van der Waals surface area contributed by atoms with Gasteiger partial charge in [-0.05, 0) is 114 Å². The molecule has 282 valence electrons. The van der Waals surface area contributed by atoms with Crippen LogP contribution in [0.15, 0.2) is 29.8 Å². The second-order valence-electron chi connectivity index (χ2n) is 17.9. The minimum Gasteiger partial charge on any atom is -0.448 e. The first kappa shape index (κ1) is 38.2. The Morgan fingerprint density at radius 3 is 2.41 bits per heavy atom. The zero-order chi connectivity index (χ0) is 36.8. The van der Waals surface area contributed by atoms with Crippen LogP contribution in [0.4, 0.5) is 0 Å². The van der Waals surface area contributed by atoms with E-state index in [9.17, 15) is 24.6 Å². The molecule has 1 aromatic rings. The van der Waals surface area contributed by atoms with Crippen LogP contribution in [0.25, 0.3) is 0 Å². The molecule has 1 amide bonds. The predicted molar refractivity (Wildman–Crippen MR) is 197 cm³/mol. The summed E-state index contributed by atoms with van der Waals surface area (Å²) in [6.07, 6.45) is 13.1. The molecule has 0 spiro atoms. The molecule has 1 aromatic carbocycles. The smallest absolute Gasteiger partial charge is 0.313 e. The molecule has 6 atom stereocenters. The summed E-state index contributed by atoms with van der Waals surface area (Å²) in [5, 5.41) is 24.1. The molecule has 51 heavy (non-hydrogen) atoms. The van der Waals surface area contributed by atoms with E-state index in [1.54, 1.807) is 12.0 Å². The molecule has 8 nitrogen and oxygen atoms in total. The van der Waals surface area contributed by atoms with Crippen molar-refractivity contribution in [3.63, 3.8) is 0 Å². The molecule has 8 heteroatoms. The van der Waals surface area contributed by atoms with Gasteiger partial charge in [0.05, 0.1) is 23.7 Å². The summed E-state index contributed by atoms with van der Waals surface area (Å²) in [5.41, 5.74) is -0.684. The molecule has 3 saturated carbocycles. The van der Waals surface area contributed by atoms with Crippen molar-refractivity contribution in [1.82, 2.24) is 4.90 Å². The van der Waals surface area contributed by atoms with Gasteiger partial charge in [-0.2, -0.15) is 0 Å². The van der Waals surface area contributed by atoms with Crippen molar-refractivity contribution < 1.29 is 34.1 Å². The van der Waals surface area contributed by atoms with Gasteiger partial charge in [0.1, 0.15) is 0 Å². The van der Waals surface area contributed by atoms with Crippen LogP contribution in [0.2, 0.25) is 0 Å². The molecule has 1 heterocycles. The third-order valence-corrected chi connectivity index (χ3v) is 14.9. The van der Waals surface area contributed by atoms with Crippen molar-refractivity contribution in [3.05, 3.63) is 46.5 Å². The van der Waals surface area contributed by atoms with E-state index < -0.39 is 33.6 Å². The van der Waals surface area contributed by atoms with E-state index in [0.717, 1.165) is 55.2 Å². The second-order valence-corrected chi connectivity index (χ2v) is 17.9. The van der Waals surface area contributed by atoms with Gasteiger partial charge in [0.15, 0.2) is 11.4 Å². The van der Waals surface area contributed by atoms with Crippen LogP contribution in [-0.4, -0.2) is 76.9 Å². The average Bonchev–Trinajstić information content (AvgIpc) is 3.54. The number of hydrogen-bond acceptors (Lipinski definition) is 7. The SMILES string of the molecule is COCCCN(CC1(O)CCC2c3ccc(cc3C(=O)C3CCCCC3)CC(O)CCC(C)=CCCC21C)C(=O)C12CCC(C)(C(=O)O1)C2(C)C. The third kappa shape index (κ3) is 6.43. The van der Waals surface area contributed by atoms with E-state index in [4.69, 9.17) is 9.47 Å². The Morgan fingerprint density at radius 1 is 1.00 bits per heavy atom. The van der Waals surface area contributed by atoms with Gasteiger partial charge >= 0.3 is 5.97 Å². The molecule has 6 unspecified atom stereocenters. The van der Waals surface area contributed by atoms with E-state index >= 15 is 0 Å². The molecule has 7 rings (SSSR count). The lowest BCUT2D eigenvalue weighted by Crippen LogP contribution is -2.60. The van der Waals surface area contributed by atoms with Crippen LogP contribution in [0.3, 0.4) is 0 Å². The lowest BCUT2D eigenvalue weighted by atomic mass is 9.64. The summed E-state index contributed by atoms with van der Waals surface area (Å²) in [6.45, 7) is 11.1. The zero-order valence-corrected chi connectivity index (χ0v) is 32.2. The maximum atomic E-state index is 14.9. The molecule has 4 bridgehead atoms. The van der Waals surface area contributed by atoms with E-state index in [1.165, 1.54) is 12.0 Å². The Morgan fingerprint density at radius 2 is 1.75 bits per heavy atom. The molecule has 6 aliphatic rings. The number of hydrogen-bond donors (Lipinski definition) is 2. The largest absolute Gasteiger partial charge is 0.448 e.